The Labute approximate surface area is 146 Å². The van der Waals surface area contributed by atoms with E-state index in [0.29, 0.717) is 12.1 Å². The standard InChI is InChI=1S/C20H19NO2S/c1-15-6-3-7-16(12-15)20(22)21(14-19-10-5-11-24-19)17-8-4-9-18(13-17)23-2/h3-13H,14H2,1-2H3. The fraction of sp³-hybridized carbons (Fsp3) is 0.150. The Bertz CT molecular complexity index is 827. The van der Waals surface area contributed by atoms with Gasteiger partial charge in [0.15, 0.2) is 0 Å². The van der Waals surface area contributed by atoms with Crippen molar-refractivity contribution in [2.45, 2.75) is 13.5 Å². The molecule has 0 atom stereocenters. The van der Waals surface area contributed by atoms with Crippen molar-refractivity contribution < 1.29 is 9.53 Å². The maximum Gasteiger partial charge on any atom is 0.258 e. The van der Waals surface area contributed by atoms with Crippen molar-refractivity contribution in [1.82, 2.24) is 0 Å². The lowest BCUT2D eigenvalue weighted by Gasteiger charge is -2.23. The van der Waals surface area contributed by atoms with Crippen LogP contribution in [0.2, 0.25) is 0 Å². The third-order valence-electron chi connectivity index (χ3n) is 3.77. The number of anilines is 1. The van der Waals surface area contributed by atoms with Crippen LogP contribution in [0.3, 0.4) is 0 Å². The molecule has 0 radical (unpaired) electrons. The van der Waals surface area contributed by atoms with Crippen LogP contribution in [0.1, 0.15) is 20.8 Å². The van der Waals surface area contributed by atoms with Gasteiger partial charge in [0.2, 0.25) is 0 Å². The third-order valence-corrected chi connectivity index (χ3v) is 4.63. The zero-order chi connectivity index (χ0) is 16.9. The fourth-order valence-electron chi connectivity index (χ4n) is 2.55. The second-order valence-electron chi connectivity index (χ2n) is 5.54. The summed E-state index contributed by atoms with van der Waals surface area (Å²) in [5.41, 5.74) is 2.59. The highest BCUT2D eigenvalue weighted by Gasteiger charge is 2.19. The summed E-state index contributed by atoms with van der Waals surface area (Å²) in [7, 11) is 1.63. The van der Waals surface area contributed by atoms with E-state index in [2.05, 4.69) is 0 Å². The molecule has 4 heteroatoms. The second-order valence-corrected chi connectivity index (χ2v) is 6.57. The van der Waals surface area contributed by atoms with E-state index in [9.17, 15) is 4.79 Å². The molecule has 0 fully saturated rings. The summed E-state index contributed by atoms with van der Waals surface area (Å²) in [6.45, 7) is 2.53. The summed E-state index contributed by atoms with van der Waals surface area (Å²) < 4.78 is 5.31. The van der Waals surface area contributed by atoms with E-state index < -0.39 is 0 Å². The largest absolute Gasteiger partial charge is 0.497 e. The summed E-state index contributed by atoms with van der Waals surface area (Å²) >= 11 is 1.65. The molecule has 0 unspecified atom stereocenters. The Morgan fingerprint density at radius 2 is 1.92 bits per heavy atom. The van der Waals surface area contributed by atoms with Crippen molar-refractivity contribution in [2.75, 3.05) is 12.0 Å². The van der Waals surface area contributed by atoms with Crippen LogP contribution in [-0.2, 0) is 6.54 Å². The molecule has 122 valence electrons. The number of ether oxygens (including phenoxy) is 1. The first-order valence-corrected chi connectivity index (χ1v) is 8.60. The second kappa shape index (κ2) is 7.32. The highest BCUT2D eigenvalue weighted by atomic mass is 32.1. The summed E-state index contributed by atoms with van der Waals surface area (Å²) in [5, 5.41) is 2.02. The molecular formula is C20H19NO2S. The van der Waals surface area contributed by atoms with Crippen LogP contribution in [0.5, 0.6) is 5.75 Å². The van der Waals surface area contributed by atoms with E-state index in [0.717, 1.165) is 21.9 Å². The lowest BCUT2D eigenvalue weighted by Crippen LogP contribution is -2.30. The lowest BCUT2D eigenvalue weighted by atomic mass is 10.1. The molecule has 24 heavy (non-hydrogen) atoms. The number of benzene rings is 2. The molecule has 0 bridgehead atoms. The molecule has 1 aromatic heterocycles. The van der Waals surface area contributed by atoms with Crippen LogP contribution in [0.4, 0.5) is 5.69 Å². The van der Waals surface area contributed by atoms with Gasteiger partial charge in [-0.3, -0.25) is 4.79 Å². The van der Waals surface area contributed by atoms with Crippen LogP contribution >= 0.6 is 11.3 Å². The van der Waals surface area contributed by atoms with Gasteiger partial charge in [0.05, 0.1) is 13.7 Å². The minimum atomic E-state index is -0.0136. The predicted octanol–water partition coefficient (Wildman–Crippen LogP) is 4.91. The molecule has 0 aliphatic carbocycles. The molecular weight excluding hydrogens is 318 g/mol. The maximum absolute atomic E-state index is 13.1. The molecule has 1 amide bonds. The first kappa shape index (κ1) is 16.3. The van der Waals surface area contributed by atoms with Gasteiger partial charge in [-0.25, -0.2) is 0 Å². The Balaban J connectivity index is 1.99. The third kappa shape index (κ3) is 3.66. The van der Waals surface area contributed by atoms with Crippen LogP contribution in [0.25, 0.3) is 0 Å². The van der Waals surface area contributed by atoms with E-state index in [4.69, 9.17) is 4.74 Å². The minimum absolute atomic E-state index is 0.0136. The molecule has 0 spiro atoms. The number of thiophene rings is 1. The summed E-state index contributed by atoms with van der Waals surface area (Å²) in [6.07, 6.45) is 0. The number of hydrogen-bond acceptors (Lipinski definition) is 3. The highest BCUT2D eigenvalue weighted by Crippen LogP contribution is 2.26. The van der Waals surface area contributed by atoms with Crippen molar-refractivity contribution >= 4 is 22.9 Å². The SMILES string of the molecule is COc1cccc(N(Cc2cccs2)C(=O)c2cccc(C)c2)c1. The number of carbonyl (C=O) groups is 1. The van der Waals surface area contributed by atoms with E-state index in [-0.39, 0.29) is 5.91 Å². The quantitative estimate of drug-likeness (QED) is 0.662. The van der Waals surface area contributed by atoms with Gasteiger partial charge in [0, 0.05) is 22.2 Å². The number of amides is 1. The Morgan fingerprint density at radius 3 is 2.62 bits per heavy atom. The topological polar surface area (TPSA) is 29.5 Å². The predicted molar refractivity (Wildman–Crippen MR) is 99.0 cm³/mol. The van der Waals surface area contributed by atoms with Gasteiger partial charge in [-0.1, -0.05) is 29.8 Å². The Morgan fingerprint density at radius 1 is 1.08 bits per heavy atom. The van der Waals surface area contributed by atoms with Gasteiger partial charge in [-0.2, -0.15) is 0 Å². The van der Waals surface area contributed by atoms with Crippen molar-refractivity contribution in [3.05, 3.63) is 82.0 Å². The maximum atomic E-state index is 13.1. The number of hydrogen-bond donors (Lipinski definition) is 0. The van der Waals surface area contributed by atoms with E-state index in [1.54, 1.807) is 23.3 Å². The minimum Gasteiger partial charge on any atom is -0.497 e. The van der Waals surface area contributed by atoms with Crippen LogP contribution in [-0.4, -0.2) is 13.0 Å². The molecule has 0 aliphatic heterocycles. The zero-order valence-corrected chi connectivity index (χ0v) is 14.5. The summed E-state index contributed by atoms with van der Waals surface area (Å²) in [5.74, 6) is 0.723. The Hall–Kier alpha value is -2.59. The number of rotatable bonds is 5. The Kier molecular flexibility index (Phi) is 4.96. The molecule has 0 saturated heterocycles. The molecule has 0 aliphatic rings. The fourth-order valence-corrected chi connectivity index (χ4v) is 3.24. The summed E-state index contributed by atoms with van der Waals surface area (Å²) in [6, 6.07) is 19.3. The van der Waals surface area contributed by atoms with Crippen molar-refractivity contribution in [3.63, 3.8) is 0 Å². The molecule has 1 heterocycles. The molecule has 3 aromatic rings. The van der Waals surface area contributed by atoms with Crippen molar-refractivity contribution in [2.24, 2.45) is 0 Å². The lowest BCUT2D eigenvalue weighted by molar-refractivity contribution is 0.0985. The summed E-state index contributed by atoms with van der Waals surface area (Å²) in [4.78, 5) is 16.0. The van der Waals surface area contributed by atoms with Gasteiger partial charge in [0.1, 0.15) is 5.75 Å². The average Bonchev–Trinajstić information content (AvgIpc) is 3.12. The smallest absolute Gasteiger partial charge is 0.258 e. The average molecular weight is 337 g/mol. The molecule has 3 rings (SSSR count). The first-order chi connectivity index (χ1) is 11.7. The molecule has 3 nitrogen and oxygen atoms in total. The van der Waals surface area contributed by atoms with Crippen LogP contribution in [0.15, 0.2) is 66.0 Å². The first-order valence-electron chi connectivity index (χ1n) is 7.72. The van der Waals surface area contributed by atoms with Gasteiger partial charge >= 0.3 is 0 Å². The highest BCUT2D eigenvalue weighted by molar-refractivity contribution is 7.09. The van der Waals surface area contributed by atoms with Gasteiger partial charge in [-0.15, -0.1) is 11.3 Å². The number of nitrogens with zero attached hydrogens (tertiary/aromatic N) is 1. The van der Waals surface area contributed by atoms with E-state index in [1.165, 1.54) is 0 Å². The normalized spacial score (nSPS) is 10.4. The van der Waals surface area contributed by atoms with E-state index >= 15 is 0 Å². The van der Waals surface area contributed by atoms with E-state index in [1.807, 2.05) is 73.0 Å². The van der Waals surface area contributed by atoms with Crippen LogP contribution in [0, 0.1) is 6.92 Å². The van der Waals surface area contributed by atoms with Crippen molar-refractivity contribution in [3.8, 4) is 5.75 Å². The number of methoxy groups -OCH3 is 1. The monoisotopic (exact) mass is 337 g/mol. The number of aryl methyl sites for hydroxylation is 1. The van der Waals surface area contributed by atoms with Gasteiger partial charge in [-0.05, 0) is 42.6 Å². The number of carbonyl (C=O) groups excluding carboxylic acids is 1. The van der Waals surface area contributed by atoms with Gasteiger partial charge < -0.3 is 9.64 Å². The molecule has 0 N–H and O–H groups in total. The van der Waals surface area contributed by atoms with Crippen molar-refractivity contribution in [1.29, 1.82) is 0 Å². The zero-order valence-electron chi connectivity index (χ0n) is 13.7. The van der Waals surface area contributed by atoms with Crippen LogP contribution < -0.4 is 9.64 Å². The van der Waals surface area contributed by atoms with Gasteiger partial charge in [0.25, 0.3) is 5.91 Å². The molecule has 0 saturated carbocycles. The molecule has 2 aromatic carbocycles.